The Morgan fingerprint density at radius 2 is 1.94 bits per heavy atom. The number of nitrogens with one attached hydrogen (secondary N) is 1. The molecule has 1 atom stereocenters. The van der Waals surface area contributed by atoms with Crippen molar-refractivity contribution in [2.45, 2.75) is 32.4 Å². The number of carbonyl (C=O) groups is 2. The summed E-state index contributed by atoms with van der Waals surface area (Å²) in [6, 6.07) is 17.4. The van der Waals surface area contributed by atoms with Gasteiger partial charge in [-0.15, -0.1) is 0 Å². The summed E-state index contributed by atoms with van der Waals surface area (Å²) >= 11 is 0. The summed E-state index contributed by atoms with van der Waals surface area (Å²) in [4.78, 5) is 31.0. The van der Waals surface area contributed by atoms with Crippen molar-refractivity contribution in [3.63, 3.8) is 0 Å². The standard InChI is InChI=1S/C28H26N2O5/c1-17(2)35-20-8-5-7-18(15-20)26(31)24-25(23-11-6-14-34-23)30(28(33)27(24)32)13-12-19-16-29-22-10-4-3-9-21(19)22/h3-11,14-17,25,29,31H,12-13H2,1-2H3/b26-24-. The highest BCUT2D eigenvalue weighted by Gasteiger charge is 2.47. The number of carbonyl (C=O) groups excluding carboxylic acids is 2. The number of fused-ring (bicyclic) bond motifs is 1. The van der Waals surface area contributed by atoms with Gasteiger partial charge >= 0.3 is 0 Å². The van der Waals surface area contributed by atoms with Crippen LogP contribution in [-0.4, -0.2) is 39.3 Å². The van der Waals surface area contributed by atoms with E-state index in [1.54, 1.807) is 36.4 Å². The van der Waals surface area contributed by atoms with Crippen LogP contribution in [0.1, 0.15) is 36.8 Å². The molecule has 178 valence electrons. The molecule has 2 aromatic heterocycles. The van der Waals surface area contributed by atoms with Crippen LogP contribution < -0.4 is 4.74 Å². The van der Waals surface area contributed by atoms with Gasteiger partial charge in [0.05, 0.1) is 17.9 Å². The van der Waals surface area contributed by atoms with Crippen molar-refractivity contribution in [3.05, 3.63) is 95.6 Å². The maximum Gasteiger partial charge on any atom is 0.295 e. The molecule has 5 rings (SSSR count). The molecule has 1 aliphatic rings. The Bertz CT molecular complexity index is 1410. The van der Waals surface area contributed by atoms with Gasteiger partial charge < -0.3 is 24.1 Å². The predicted octanol–water partition coefficient (Wildman–Crippen LogP) is 5.21. The van der Waals surface area contributed by atoms with Gasteiger partial charge in [-0.1, -0.05) is 30.3 Å². The van der Waals surface area contributed by atoms with Crippen LogP contribution in [0.2, 0.25) is 0 Å². The predicted molar refractivity (Wildman–Crippen MR) is 132 cm³/mol. The van der Waals surface area contributed by atoms with E-state index in [4.69, 9.17) is 9.15 Å². The van der Waals surface area contributed by atoms with Crippen LogP contribution in [0.5, 0.6) is 5.75 Å². The molecular formula is C28H26N2O5. The highest BCUT2D eigenvalue weighted by Crippen LogP contribution is 2.40. The molecule has 0 spiro atoms. The Kier molecular flexibility index (Phi) is 5.91. The molecule has 1 amide bonds. The number of aliphatic hydroxyl groups excluding tert-OH is 1. The Morgan fingerprint density at radius 1 is 1.11 bits per heavy atom. The van der Waals surface area contributed by atoms with Crippen LogP contribution in [0.15, 0.2) is 83.1 Å². The number of ether oxygens (including phenoxy) is 1. The number of aromatic nitrogens is 1. The van der Waals surface area contributed by atoms with Gasteiger partial charge in [-0.25, -0.2) is 0 Å². The van der Waals surface area contributed by atoms with Gasteiger partial charge in [0.1, 0.15) is 23.3 Å². The van der Waals surface area contributed by atoms with Gasteiger partial charge in [0.2, 0.25) is 0 Å². The largest absolute Gasteiger partial charge is 0.507 e. The van der Waals surface area contributed by atoms with E-state index in [2.05, 4.69) is 4.98 Å². The number of hydrogen-bond donors (Lipinski definition) is 2. The molecule has 1 saturated heterocycles. The summed E-state index contributed by atoms with van der Waals surface area (Å²) in [7, 11) is 0. The minimum absolute atomic E-state index is 0.00516. The average molecular weight is 471 g/mol. The van der Waals surface area contributed by atoms with Crippen molar-refractivity contribution < 1.29 is 23.8 Å². The fraction of sp³-hybridized carbons (Fsp3) is 0.214. The number of para-hydroxylation sites is 1. The van der Waals surface area contributed by atoms with Crippen LogP contribution in [0.3, 0.4) is 0 Å². The number of amides is 1. The molecule has 0 saturated carbocycles. The minimum atomic E-state index is -0.829. The summed E-state index contributed by atoms with van der Waals surface area (Å²) in [6.07, 6.45) is 3.90. The van der Waals surface area contributed by atoms with E-state index in [-0.39, 0.29) is 24.0 Å². The van der Waals surface area contributed by atoms with Crippen molar-refractivity contribution in [2.75, 3.05) is 6.54 Å². The Morgan fingerprint density at radius 3 is 2.71 bits per heavy atom. The lowest BCUT2D eigenvalue weighted by atomic mass is 9.99. The van der Waals surface area contributed by atoms with Crippen molar-refractivity contribution in [3.8, 4) is 5.75 Å². The molecule has 0 radical (unpaired) electrons. The Hall–Kier alpha value is -4.26. The van der Waals surface area contributed by atoms with E-state index < -0.39 is 17.7 Å². The summed E-state index contributed by atoms with van der Waals surface area (Å²) in [5.74, 6) is -0.680. The van der Waals surface area contributed by atoms with E-state index in [9.17, 15) is 14.7 Å². The molecule has 7 nitrogen and oxygen atoms in total. The second-order valence-electron chi connectivity index (χ2n) is 8.81. The first kappa shape index (κ1) is 22.5. The number of nitrogens with zero attached hydrogens (tertiary/aromatic N) is 1. The second-order valence-corrected chi connectivity index (χ2v) is 8.81. The maximum atomic E-state index is 13.2. The van der Waals surface area contributed by atoms with Crippen LogP contribution >= 0.6 is 0 Å². The number of Topliss-reactive ketones (excluding diaryl/α,β-unsaturated/α-hetero) is 1. The molecule has 1 aliphatic heterocycles. The van der Waals surface area contributed by atoms with Gasteiger partial charge in [0.25, 0.3) is 11.7 Å². The molecule has 35 heavy (non-hydrogen) atoms. The molecule has 0 aliphatic carbocycles. The zero-order chi connectivity index (χ0) is 24.5. The number of furan rings is 1. The number of hydrogen-bond acceptors (Lipinski definition) is 5. The summed E-state index contributed by atoms with van der Waals surface area (Å²) in [5, 5.41) is 12.3. The number of benzene rings is 2. The SMILES string of the molecule is CC(C)Oc1cccc(/C(O)=C2/C(=O)C(=O)N(CCc3c[nH]c4ccccc34)C2c2ccco2)c1. The summed E-state index contributed by atoms with van der Waals surface area (Å²) in [6.45, 7) is 4.09. The van der Waals surface area contributed by atoms with Crippen LogP contribution in [-0.2, 0) is 16.0 Å². The van der Waals surface area contributed by atoms with Crippen LogP contribution in [0.4, 0.5) is 0 Å². The molecule has 4 aromatic rings. The average Bonchev–Trinajstić information content (AvgIpc) is 3.57. The minimum Gasteiger partial charge on any atom is -0.507 e. The molecule has 1 unspecified atom stereocenters. The fourth-order valence-electron chi connectivity index (χ4n) is 4.58. The topological polar surface area (TPSA) is 95.8 Å². The van der Waals surface area contributed by atoms with E-state index in [0.29, 0.717) is 23.5 Å². The van der Waals surface area contributed by atoms with E-state index in [1.165, 1.54) is 11.2 Å². The van der Waals surface area contributed by atoms with Gasteiger partial charge in [-0.05, 0) is 56.2 Å². The third-order valence-electron chi connectivity index (χ3n) is 6.13. The highest BCUT2D eigenvalue weighted by atomic mass is 16.5. The van der Waals surface area contributed by atoms with E-state index >= 15 is 0 Å². The van der Waals surface area contributed by atoms with Crippen molar-refractivity contribution >= 4 is 28.4 Å². The lowest BCUT2D eigenvalue weighted by molar-refractivity contribution is -0.140. The maximum absolute atomic E-state index is 13.2. The van der Waals surface area contributed by atoms with E-state index in [0.717, 1.165) is 16.5 Å². The molecule has 0 bridgehead atoms. The number of likely N-dealkylation sites (tertiary alicyclic amines) is 1. The Balaban J connectivity index is 1.52. The summed E-state index contributed by atoms with van der Waals surface area (Å²) < 4.78 is 11.4. The normalized spacial score (nSPS) is 17.6. The van der Waals surface area contributed by atoms with Gasteiger partial charge in [-0.3, -0.25) is 9.59 Å². The first-order chi connectivity index (χ1) is 16.9. The third-order valence-corrected chi connectivity index (χ3v) is 6.13. The lowest BCUT2D eigenvalue weighted by Gasteiger charge is -2.23. The van der Waals surface area contributed by atoms with Crippen molar-refractivity contribution in [1.82, 2.24) is 9.88 Å². The first-order valence-electron chi connectivity index (χ1n) is 11.6. The Labute approximate surface area is 202 Å². The molecule has 7 heteroatoms. The molecule has 3 heterocycles. The molecule has 2 N–H and O–H groups in total. The van der Waals surface area contributed by atoms with Gasteiger partial charge in [0.15, 0.2) is 0 Å². The second kappa shape index (κ2) is 9.18. The number of aromatic amines is 1. The molecule has 1 fully saturated rings. The zero-order valence-corrected chi connectivity index (χ0v) is 19.5. The molecule has 2 aromatic carbocycles. The number of H-pyrrole nitrogens is 1. The lowest BCUT2D eigenvalue weighted by Crippen LogP contribution is -2.31. The quantitative estimate of drug-likeness (QED) is 0.220. The highest BCUT2D eigenvalue weighted by molar-refractivity contribution is 6.46. The number of aliphatic hydroxyl groups is 1. The number of ketones is 1. The third kappa shape index (κ3) is 4.21. The molecular weight excluding hydrogens is 444 g/mol. The summed E-state index contributed by atoms with van der Waals surface area (Å²) in [5.41, 5.74) is 2.45. The van der Waals surface area contributed by atoms with Gasteiger partial charge in [0, 0.05) is 29.2 Å². The van der Waals surface area contributed by atoms with Crippen LogP contribution in [0, 0.1) is 0 Å². The van der Waals surface area contributed by atoms with Crippen molar-refractivity contribution in [2.24, 2.45) is 0 Å². The van der Waals surface area contributed by atoms with E-state index in [1.807, 2.05) is 44.3 Å². The fourth-order valence-corrected chi connectivity index (χ4v) is 4.58. The van der Waals surface area contributed by atoms with Gasteiger partial charge in [-0.2, -0.15) is 0 Å². The number of rotatable bonds is 7. The van der Waals surface area contributed by atoms with Crippen molar-refractivity contribution in [1.29, 1.82) is 0 Å². The van der Waals surface area contributed by atoms with Crippen LogP contribution in [0.25, 0.3) is 16.7 Å². The first-order valence-corrected chi connectivity index (χ1v) is 11.6. The monoisotopic (exact) mass is 470 g/mol. The smallest absolute Gasteiger partial charge is 0.295 e. The zero-order valence-electron chi connectivity index (χ0n) is 19.5.